The van der Waals surface area contributed by atoms with Gasteiger partial charge in [0.1, 0.15) is 11.6 Å². The monoisotopic (exact) mass is 246 g/mol. The lowest BCUT2D eigenvalue weighted by Crippen LogP contribution is -2.50. The van der Waals surface area contributed by atoms with E-state index in [0.717, 1.165) is 0 Å². The van der Waals surface area contributed by atoms with Crippen molar-refractivity contribution < 1.29 is 24.2 Å². The normalized spacial score (nSPS) is 12.9. The Labute approximate surface area is 99.3 Å². The number of carboxylic acids is 1. The van der Waals surface area contributed by atoms with Gasteiger partial charge in [-0.15, -0.1) is 0 Å². The number of ether oxygens (including phenoxy) is 1. The number of rotatable bonds is 7. The van der Waals surface area contributed by atoms with Crippen LogP contribution >= 0.6 is 0 Å². The number of nitrogens with one attached hydrogen (secondary N) is 1. The molecule has 0 aromatic carbocycles. The van der Waals surface area contributed by atoms with Crippen molar-refractivity contribution in [1.82, 2.24) is 5.32 Å². The number of carboxylic acid groups (broad SMARTS) is 1. The maximum atomic E-state index is 11.6. The van der Waals surface area contributed by atoms with Crippen molar-refractivity contribution in [3.63, 3.8) is 0 Å². The molecule has 0 unspecified atom stereocenters. The summed E-state index contributed by atoms with van der Waals surface area (Å²) in [6.45, 7) is 3.02. The van der Waals surface area contributed by atoms with Gasteiger partial charge in [-0.25, -0.2) is 4.79 Å². The van der Waals surface area contributed by atoms with Crippen molar-refractivity contribution in [2.45, 2.75) is 38.3 Å². The fourth-order valence-electron chi connectivity index (χ4n) is 0.969. The number of primary amides is 1. The number of hydrogen-bond acceptors (Lipinski definition) is 4. The molecule has 0 radical (unpaired) electrons. The standard InChI is InChI=1S/C10H18N2O5/c1-10(2,17-3)9(16)12-6(8(14)15)4-5-7(11)13/h6H,4-5H2,1-3H3,(H2,11,13)(H,12,16)(H,14,15)/t6-/m0/s1. The summed E-state index contributed by atoms with van der Waals surface area (Å²) in [5.41, 5.74) is 3.79. The van der Waals surface area contributed by atoms with Crippen LogP contribution in [0.25, 0.3) is 0 Å². The van der Waals surface area contributed by atoms with Crippen molar-refractivity contribution in [2.75, 3.05) is 7.11 Å². The summed E-state index contributed by atoms with van der Waals surface area (Å²) < 4.78 is 4.91. The summed E-state index contributed by atoms with van der Waals surface area (Å²) in [5, 5.41) is 11.2. The third-order valence-corrected chi connectivity index (χ3v) is 2.34. The van der Waals surface area contributed by atoms with Crippen LogP contribution in [0.3, 0.4) is 0 Å². The van der Waals surface area contributed by atoms with Crippen molar-refractivity contribution in [3.05, 3.63) is 0 Å². The predicted molar refractivity (Wildman–Crippen MR) is 59.1 cm³/mol. The minimum atomic E-state index is -1.22. The molecule has 0 saturated carbocycles. The van der Waals surface area contributed by atoms with E-state index in [1.54, 1.807) is 0 Å². The zero-order valence-corrected chi connectivity index (χ0v) is 10.1. The average Bonchev–Trinajstić information content (AvgIpc) is 2.22. The zero-order valence-electron chi connectivity index (χ0n) is 10.1. The van der Waals surface area contributed by atoms with Crippen LogP contribution in [0.4, 0.5) is 0 Å². The summed E-state index contributed by atoms with van der Waals surface area (Å²) >= 11 is 0. The molecular formula is C10H18N2O5. The highest BCUT2D eigenvalue weighted by molar-refractivity contribution is 5.89. The van der Waals surface area contributed by atoms with Gasteiger partial charge in [0, 0.05) is 13.5 Å². The fourth-order valence-corrected chi connectivity index (χ4v) is 0.969. The lowest BCUT2D eigenvalue weighted by atomic mass is 10.1. The maximum Gasteiger partial charge on any atom is 0.326 e. The van der Waals surface area contributed by atoms with Crippen molar-refractivity contribution in [2.24, 2.45) is 5.73 Å². The molecule has 17 heavy (non-hydrogen) atoms. The zero-order chi connectivity index (χ0) is 13.6. The number of aliphatic carboxylic acids is 1. The lowest BCUT2D eigenvalue weighted by Gasteiger charge is -2.24. The summed E-state index contributed by atoms with van der Waals surface area (Å²) in [6, 6.07) is -1.15. The topological polar surface area (TPSA) is 119 Å². The molecule has 0 rings (SSSR count). The van der Waals surface area contributed by atoms with Gasteiger partial charge in [0.2, 0.25) is 5.91 Å². The van der Waals surface area contributed by atoms with Crippen LogP contribution in [-0.4, -0.2) is 41.6 Å². The average molecular weight is 246 g/mol. The summed E-state index contributed by atoms with van der Waals surface area (Å²) in [5.74, 6) is -2.39. The van der Waals surface area contributed by atoms with Crippen LogP contribution in [0.15, 0.2) is 0 Å². The molecule has 0 bridgehead atoms. The van der Waals surface area contributed by atoms with Gasteiger partial charge in [-0.2, -0.15) is 0 Å². The van der Waals surface area contributed by atoms with E-state index in [4.69, 9.17) is 15.6 Å². The Morgan fingerprint density at radius 2 is 1.94 bits per heavy atom. The van der Waals surface area contributed by atoms with Crippen LogP contribution in [0.5, 0.6) is 0 Å². The predicted octanol–water partition coefficient (Wildman–Crippen LogP) is -0.754. The van der Waals surface area contributed by atoms with E-state index >= 15 is 0 Å². The highest BCUT2D eigenvalue weighted by Gasteiger charge is 2.31. The molecule has 1 atom stereocenters. The third kappa shape index (κ3) is 5.30. The Morgan fingerprint density at radius 3 is 2.29 bits per heavy atom. The molecule has 0 saturated heterocycles. The molecule has 0 aliphatic rings. The molecular weight excluding hydrogens is 228 g/mol. The van der Waals surface area contributed by atoms with Crippen LogP contribution < -0.4 is 11.1 Å². The van der Waals surface area contributed by atoms with Gasteiger partial charge >= 0.3 is 5.97 Å². The molecule has 7 nitrogen and oxygen atoms in total. The second kappa shape index (κ2) is 6.19. The molecule has 0 aliphatic heterocycles. The number of nitrogens with two attached hydrogens (primary N) is 1. The number of carbonyl (C=O) groups excluding carboxylic acids is 2. The van der Waals surface area contributed by atoms with E-state index in [-0.39, 0.29) is 12.8 Å². The first-order valence-electron chi connectivity index (χ1n) is 5.08. The van der Waals surface area contributed by atoms with E-state index < -0.39 is 29.4 Å². The first-order valence-corrected chi connectivity index (χ1v) is 5.08. The summed E-state index contributed by atoms with van der Waals surface area (Å²) in [4.78, 5) is 33.1. The Hall–Kier alpha value is -1.63. The third-order valence-electron chi connectivity index (χ3n) is 2.34. The second-order valence-electron chi connectivity index (χ2n) is 4.08. The molecule has 0 heterocycles. The number of carbonyl (C=O) groups is 3. The van der Waals surface area contributed by atoms with E-state index in [2.05, 4.69) is 5.32 Å². The number of methoxy groups -OCH3 is 1. The van der Waals surface area contributed by atoms with Crippen LogP contribution in [0, 0.1) is 0 Å². The lowest BCUT2D eigenvalue weighted by molar-refractivity contribution is -0.147. The molecule has 0 spiro atoms. The van der Waals surface area contributed by atoms with Crippen LogP contribution in [-0.2, 0) is 19.1 Å². The largest absolute Gasteiger partial charge is 0.480 e. The Kier molecular flexibility index (Phi) is 5.60. The second-order valence-corrected chi connectivity index (χ2v) is 4.08. The van der Waals surface area contributed by atoms with E-state index in [1.165, 1.54) is 21.0 Å². The highest BCUT2D eigenvalue weighted by Crippen LogP contribution is 2.08. The molecule has 4 N–H and O–H groups in total. The summed E-state index contributed by atoms with van der Waals surface area (Å²) in [6.07, 6.45) is -0.152. The molecule has 0 aromatic heterocycles. The number of amides is 2. The first-order chi connectivity index (χ1) is 7.70. The smallest absolute Gasteiger partial charge is 0.326 e. The highest BCUT2D eigenvalue weighted by atomic mass is 16.5. The van der Waals surface area contributed by atoms with Gasteiger partial charge in [-0.05, 0) is 20.3 Å². The SMILES string of the molecule is COC(C)(C)C(=O)N[C@@H](CCC(N)=O)C(=O)O. The Balaban J connectivity index is 4.50. The number of hydrogen-bond donors (Lipinski definition) is 3. The van der Waals surface area contributed by atoms with Crippen molar-refractivity contribution >= 4 is 17.8 Å². The Morgan fingerprint density at radius 1 is 1.41 bits per heavy atom. The molecule has 98 valence electrons. The minimum absolute atomic E-state index is 0.0454. The van der Waals surface area contributed by atoms with Crippen molar-refractivity contribution in [3.8, 4) is 0 Å². The summed E-state index contributed by atoms with van der Waals surface area (Å²) in [7, 11) is 1.35. The van der Waals surface area contributed by atoms with Gasteiger partial charge in [0.15, 0.2) is 0 Å². The molecule has 0 aliphatic carbocycles. The Bertz CT molecular complexity index is 314. The van der Waals surface area contributed by atoms with E-state index in [9.17, 15) is 14.4 Å². The molecule has 2 amide bonds. The van der Waals surface area contributed by atoms with Gasteiger partial charge in [-0.1, -0.05) is 0 Å². The van der Waals surface area contributed by atoms with Crippen molar-refractivity contribution in [1.29, 1.82) is 0 Å². The molecule has 0 aromatic rings. The van der Waals surface area contributed by atoms with Gasteiger partial charge in [0.25, 0.3) is 5.91 Å². The van der Waals surface area contributed by atoms with E-state index in [1.807, 2.05) is 0 Å². The molecule has 7 heteroatoms. The quantitative estimate of drug-likeness (QED) is 0.546. The maximum absolute atomic E-state index is 11.6. The van der Waals surface area contributed by atoms with Crippen LogP contribution in [0.1, 0.15) is 26.7 Å². The minimum Gasteiger partial charge on any atom is -0.480 e. The first kappa shape index (κ1) is 15.4. The van der Waals surface area contributed by atoms with Crippen LogP contribution in [0.2, 0.25) is 0 Å². The van der Waals surface area contributed by atoms with Gasteiger partial charge in [-0.3, -0.25) is 9.59 Å². The van der Waals surface area contributed by atoms with Gasteiger partial charge in [0.05, 0.1) is 0 Å². The molecule has 0 fully saturated rings. The van der Waals surface area contributed by atoms with E-state index in [0.29, 0.717) is 0 Å². The fraction of sp³-hybridized carbons (Fsp3) is 0.700. The van der Waals surface area contributed by atoms with Gasteiger partial charge < -0.3 is 20.9 Å².